The van der Waals surface area contributed by atoms with Gasteiger partial charge in [-0.1, -0.05) is 0 Å². The summed E-state index contributed by atoms with van der Waals surface area (Å²) in [6.45, 7) is 0.316. The lowest BCUT2D eigenvalue weighted by Crippen LogP contribution is -2.01. The second kappa shape index (κ2) is 5.30. The van der Waals surface area contributed by atoms with Crippen molar-refractivity contribution in [2.75, 3.05) is 18.5 Å². The van der Waals surface area contributed by atoms with Crippen molar-refractivity contribution in [2.45, 2.75) is 6.42 Å². The van der Waals surface area contributed by atoms with E-state index in [9.17, 15) is 9.18 Å². The molecule has 13 heavy (non-hydrogen) atoms. The lowest BCUT2D eigenvalue weighted by molar-refractivity contribution is 0.112. The molecule has 0 fully saturated rings. The first-order valence-corrected chi connectivity index (χ1v) is 4.22. The van der Waals surface area contributed by atoms with Gasteiger partial charge in [-0.15, -0.1) is 0 Å². The Morgan fingerprint density at radius 1 is 1.31 bits per heavy atom. The Morgan fingerprint density at radius 3 is 2.54 bits per heavy atom. The predicted octanol–water partition coefficient (Wildman–Crippen LogP) is 2.27. The third-order valence-corrected chi connectivity index (χ3v) is 1.69. The van der Waals surface area contributed by atoms with E-state index < -0.39 is 0 Å². The predicted molar refractivity (Wildman–Crippen MR) is 50.9 cm³/mol. The fourth-order valence-corrected chi connectivity index (χ4v) is 0.979. The molecular weight excluding hydrogens is 169 g/mol. The fourth-order valence-electron chi connectivity index (χ4n) is 0.979. The summed E-state index contributed by atoms with van der Waals surface area (Å²) in [5, 5.41) is 3.04. The van der Waals surface area contributed by atoms with Gasteiger partial charge in [-0.25, -0.2) is 0 Å². The van der Waals surface area contributed by atoms with Gasteiger partial charge in [0.05, 0.1) is 6.67 Å². The first-order valence-electron chi connectivity index (χ1n) is 4.22. The molecule has 0 spiro atoms. The summed E-state index contributed by atoms with van der Waals surface area (Å²) < 4.78 is 11.7. The van der Waals surface area contributed by atoms with Gasteiger partial charge in [0, 0.05) is 17.8 Å². The van der Waals surface area contributed by atoms with Crippen LogP contribution in [-0.2, 0) is 0 Å². The molecule has 0 aromatic heterocycles. The second-order valence-electron chi connectivity index (χ2n) is 2.71. The molecule has 1 N–H and O–H groups in total. The van der Waals surface area contributed by atoms with Gasteiger partial charge in [-0.2, -0.15) is 0 Å². The van der Waals surface area contributed by atoms with Gasteiger partial charge in [0.1, 0.15) is 6.29 Å². The molecule has 0 aliphatic rings. The number of aldehydes is 1. The summed E-state index contributed by atoms with van der Waals surface area (Å²) in [6.07, 6.45) is 1.31. The molecule has 0 heterocycles. The van der Waals surface area contributed by atoms with Crippen molar-refractivity contribution in [1.29, 1.82) is 0 Å². The van der Waals surface area contributed by atoms with Crippen LogP contribution in [0.5, 0.6) is 0 Å². The van der Waals surface area contributed by atoms with Crippen LogP contribution in [-0.4, -0.2) is 19.5 Å². The van der Waals surface area contributed by atoms with E-state index in [1.165, 1.54) is 0 Å². The Balaban J connectivity index is 2.44. The number of alkyl halides is 1. The number of hydrogen-bond acceptors (Lipinski definition) is 2. The first-order chi connectivity index (χ1) is 6.36. The molecule has 2 nitrogen and oxygen atoms in total. The van der Waals surface area contributed by atoms with Crippen molar-refractivity contribution in [1.82, 2.24) is 0 Å². The fraction of sp³-hybridized carbons (Fsp3) is 0.300. The number of nitrogens with one attached hydrogen (secondary N) is 1. The van der Waals surface area contributed by atoms with Crippen LogP contribution in [0.3, 0.4) is 0 Å². The summed E-state index contributed by atoms with van der Waals surface area (Å²) >= 11 is 0. The molecule has 1 aromatic rings. The highest BCUT2D eigenvalue weighted by Crippen LogP contribution is 2.07. The van der Waals surface area contributed by atoms with Crippen LogP contribution in [0.1, 0.15) is 16.8 Å². The van der Waals surface area contributed by atoms with E-state index in [0.29, 0.717) is 18.5 Å². The highest BCUT2D eigenvalue weighted by molar-refractivity contribution is 5.75. The van der Waals surface area contributed by atoms with Crippen LogP contribution in [0.15, 0.2) is 24.3 Å². The number of anilines is 1. The molecule has 0 bridgehead atoms. The van der Waals surface area contributed by atoms with E-state index in [-0.39, 0.29) is 6.67 Å². The largest absolute Gasteiger partial charge is 0.385 e. The van der Waals surface area contributed by atoms with Gasteiger partial charge >= 0.3 is 0 Å². The quantitative estimate of drug-likeness (QED) is 0.557. The molecule has 0 saturated carbocycles. The Morgan fingerprint density at radius 2 is 2.00 bits per heavy atom. The summed E-state index contributed by atoms with van der Waals surface area (Å²) in [5.41, 5.74) is 1.56. The molecule has 1 aromatic carbocycles. The van der Waals surface area contributed by atoms with Crippen LogP contribution in [0.2, 0.25) is 0 Å². The van der Waals surface area contributed by atoms with Crippen molar-refractivity contribution in [3.8, 4) is 0 Å². The molecule has 0 amide bonds. The molecule has 1 rings (SSSR count). The summed E-state index contributed by atoms with van der Waals surface area (Å²) in [7, 11) is 0. The van der Waals surface area contributed by atoms with Gasteiger partial charge in [0.15, 0.2) is 0 Å². The second-order valence-corrected chi connectivity index (χ2v) is 2.71. The van der Waals surface area contributed by atoms with Gasteiger partial charge in [-0.05, 0) is 30.7 Å². The smallest absolute Gasteiger partial charge is 0.150 e. The Hall–Kier alpha value is -1.38. The number of benzene rings is 1. The monoisotopic (exact) mass is 181 g/mol. The minimum absolute atomic E-state index is 0.306. The Bertz CT molecular complexity index is 258. The topological polar surface area (TPSA) is 29.1 Å². The zero-order valence-electron chi connectivity index (χ0n) is 7.29. The standard InChI is InChI=1S/C10H12FNO/c11-6-1-7-12-10-4-2-9(8-13)3-5-10/h2-5,8,12H,1,6-7H2. The zero-order valence-corrected chi connectivity index (χ0v) is 7.29. The SMILES string of the molecule is O=Cc1ccc(NCCCF)cc1. The van der Waals surface area contributed by atoms with Crippen molar-refractivity contribution in [3.05, 3.63) is 29.8 Å². The van der Waals surface area contributed by atoms with Gasteiger partial charge in [0.25, 0.3) is 0 Å². The van der Waals surface area contributed by atoms with Crippen LogP contribution < -0.4 is 5.32 Å². The molecule has 0 unspecified atom stereocenters. The minimum Gasteiger partial charge on any atom is -0.385 e. The number of hydrogen-bond donors (Lipinski definition) is 1. The van der Waals surface area contributed by atoms with Crippen LogP contribution >= 0.6 is 0 Å². The molecule has 3 heteroatoms. The molecule has 0 atom stereocenters. The van der Waals surface area contributed by atoms with Crippen LogP contribution in [0, 0.1) is 0 Å². The highest BCUT2D eigenvalue weighted by atomic mass is 19.1. The van der Waals surface area contributed by atoms with E-state index in [0.717, 1.165) is 12.0 Å². The number of carbonyl (C=O) groups is 1. The van der Waals surface area contributed by atoms with Gasteiger partial charge in [-0.3, -0.25) is 9.18 Å². The highest BCUT2D eigenvalue weighted by Gasteiger charge is 1.92. The number of rotatable bonds is 5. The molecular formula is C10H12FNO. The maximum absolute atomic E-state index is 11.7. The molecule has 70 valence electrons. The van der Waals surface area contributed by atoms with Gasteiger partial charge < -0.3 is 5.32 Å². The van der Waals surface area contributed by atoms with Gasteiger partial charge in [0.2, 0.25) is 0 Å². The molecule has 0 aliphatic carbocycles. The average molecular weight is 181 g/mol. The van der Waals surface area contributed by atoms with E-state index in [1.54, 1.807) is 12.1 Å². The maximum atomic E-state index is 11.7. The first kappa shape index (κ1) is 9.71. The van der Waals surface area contributed by atoms with Crippen molar-refractivity contribution < 1.29 is 9.18 Å². The third kappa shape index (κ3) is 3.23. The van der Waals surface area contributed by atoms with E-state index >= 15 is 0 Å². The van der Waals surface area contributed by atoms with Crippen LogP contribution in [0.4, 0.5) is 10.1 Å². The summed E-state index contributed by atoms with van der Waals surface area (Å²) in [5.74, 6) is 0. The summed E-state index contributed by atoms with van der Waals surface area (Å²) in [6, 6.07) is 7.07. The van der Waals surface area contributed by atoms with E-state index in [2.05, 4.69) is 5.32 Å². The lowest BCUT2D eigenvalue weighted by atomic mass is 10.2. The minimum atomic E-state index is -0.306. The molecule has 0 saturated heterocycles. The molecule has 0 radical (unpaired) electrons. The average Bonchev–Trinajstić information content (AvgIpc) is 2.19. The summed E-state index contributed by atoms with van der Waals surface area (Å²) in [4.78, 5) is 10.3. The van der Waals surface area contributed by atoms with Crippen molar-refractivity contribution in [2.24, 2.45) is 0 Å². The van der Waals surface area contributed by atoms with E-state index in [1.807, 2.05) is 12.1 Å². The normalized spacial score (nSPS) is 9.62. The van der Waals surface area contributed by atoms with E-state index in [4.69, 9.17) is 0 Å². The zero-order chi connectivity index (χ0) is 9.52. The van der Waals surface area contributed by atoms with Crippen molar-refractivity contribution >= 4 is 12.0 Å². The Kier molecular flexibility index (Phi) is 3.96. The third-order valence-electron chi connectivity index (χ3n) is 1.69. The maximum Gasteiger partial charge on any atom is 0.150 e. The number of carbonyl (C=O) groups excluding carboxylic acids is 1. The Labute approximate surface area is 76.8 Å². The van der Waals surface area contributed by atoms with Crippen LogP contribution in [0.25, 0.3) is 0 Å². The lowest BCUT2D eigenvalue weighted by Gasteiger charge is -2.03. The van der Waals surface area contributed by atoms with Crippen molar-refractivity contribution in [3.63, 3.8) is 0 Å². The number of halogens is 1. The molecule has 0 aliphatic heterocycles.